The maximum absolute atomic E-state index is 11.8. The first-order valence-electron chi connectivity index (χ1n) is 6.03. The van der Waals surface area contributed by atoms with Gasteiger partial charge in [0.2, 0.25) is 6.41 Å². The number of halogens is 1. The summed E-state index contributed by atoms with van der Waals surface area (Å²) in [6.45, 7) is 2.20. The zero-order valence-electron chi connectivity index (χ0n) is 11.1. The maximum Gasteiger partial charge on any atom is 0.318 e. The number of carbonyl (C=O) groups excluding carboxylic acids is 3. The molecule has 0 unspecified atom stereocenters. The topological polar surface area (TPSA) is 92.5 Å². The van der Waals surface area contributed by atoms with E-state index in [0.717, 1.165) is 10.5 Å². The molecular formula is C13H16ClN3O3. The van der Waals surface area contributed by atoms with Crippen molar-refractivity contribution < 1.29 is 14.4 Å². The molecule has 0 spiro atoms. The quantitative estimate of drug-likeness (QED) is 0.624. The van der Waals surface area contributed by atoms with Crippen LogP contribution in [0.2, 0.25) is 5.02 Å². The Hall–Kier alpha value is -1.92. The third-order valence-electron chi connectivity index (χ3n) is 2.63. The summed E-state index contributed by atoms with van der Waals surface area (Å²) >= 11 is 5.82. The fourth-order valence-corrected chi connectivity index (χ4v) is 1.67. The highest BCUT2D eigenvalue weighted by molar-refractivity contribution is 6.41. The molecule has 0 saturated carbocycles. The van der Waals surface area contributed by atoms with Gasteiger partial charge in [-0.25, -0.2) is 0 Å². The predicted molar refractivity (Wildman–Crippen MR) is 76.3 cm³/mol. The number of hydrogen-bond acceptors (Lipinski definition) is 4. The van der Waals surface area contributed by atoms with E-state index in [2.05, 4.69) is 5.32 Å². The van der Waals surface area contributed by atoms with Crippen molar-refractivity contribution in [3.8, 4) is 0 Å². The first-order valence-corrected chi connectivity index (χ1v) is 6.41. The Labute approximate surface area is 121 Å². The number of rotatable bonds is 5. The number of nitrogens with zero attached hydrogens (tertiary/aromatic N) is 1. The van der Waals surface area contributed by atoms with Crippen molar-refractivity contribution in [2.75, 3.05) is 18.4 Å². The molecule has 0 saturated heterocycles. The summed E-state index contributed by atoms with van der Waals surface area (Å²) < 4.78 is 0. The molecule has 6 nitrogen and oxygen atoms in total. The van der Waals surface area contributed by atoms with E-state index in [1.165, 1.54) is 6.07 Å². The second-order valence-corrected chi connectivity index (χ2v) is 4.60. The lowest BCUT2D eigenvalue weighted by Crippen LogP contribution is -2.40. The molecular weight excluding hydrogens is 282 g/mol. The van der Waals surface area contributed by atoms with Gasteiger partial charge in [0.15, 0.2) is 0 Å². The molecule has 1 rings (SSSR count). The van der Waals surface area contributed by atoms with Crippen LogP contribution in [-0.2, 0) is 14.4 Å². The highest BCUT2D eigenvalue weighted by Gasteiger charge is 2.21. The van der Waals surface area contributed by atoms with E-state index in [1.807, 2.05) is 0 Å². The fraction of sp³-hybridized carbons (Fsp3) is 0.308. The Morgan fingerprint density at radius 2 is 2.15 bits per heavy atom. The van der Waals surface area contributed by atoms with Crippen LogP contribution < -0.4 is 11.1 Å². The van der Waals surface area contributed by atoms with Crippen molar-refractivity contribution in [3.05, 3.63) is 28.8 Å². The molecule has 0 aliphatic carbocycles. The minimum absolute atomic E-state index is 0.112. The third kappa shape index (κ3) is 4.32. The van der Waals surface area contributed by atoms with Gasteiger partial charge in [0.1, 0.15) is 0 Å². The predicted octanol–water partition coefficient (Wildman–Crippen LogP) is 0.921. The summed E-state index contributed by atoms with van der Waals surface area (Å²) in [6.07, 6.45) is 0.760. The van der Waals surface area contributed by atoms with Crippen LogP contribution >= 0.6 is 11.6 Å². The summed E-state index contributed by atoms with van der Waals surface area (Å²) in [6, 6.07) is 4.93. The summed E-state index contributed by atoms with van der Waals surface area (Å²) in [5.41, 5.74) is 6.49. The lowest BCUT2D eigenvalue weighted by Gasteiger charge is -2.15. The van der Waals surface area contributed by atoms with E-state index in [9.17, 15) is 14.4 Å². The van der Waals surface area contributed by atoms with Gasteiger partial charge in [0.25, 0.3) is 0 Å². The number of aryl methyl sites for hydroxylation is 1. The number of nitrogens with one attached hydrogen (secondary N) is 1. The molecule has 0 aliphatic heterocycles. The standard InChI is InChI=1S/C13H16ClN3O3/c1-9-3-4-10(14)7-11(9)16-12(19)13(20)17(8-18)6-2-5-15/h3-4,7-8H,2,5-6,15H2,1H3,(H,16,19). The minimum atomic E-state index is -0.923. The summed E-state index contributed by atoms with van der Waals surface area (Å²) in [4.78, 5) is 35.2. The van der Waals surface area contributed by atoms with Gasteiger partial charge in [-0.1, -0.05) is 17.7 Å². The van der Waals surface area contributed by atoms with Gasteiger partial charge in [0, 0.05) is 17.3 Å². The van der Waals surface area contributed by atoms with E-state index in [-0.39, 0.29) is 6.54 Å². The lowest BCUT2D eigenvalue weighted by atomic mass is 10.2. The van der Waals surface area contributed by atoms with Gasteiger partial charge in [0.05, 0.1) is 0 Å². The van der Waals surface area contributed by atoms with Crippen LogP contribution in [0.4, 0.5) is 5.69 Å². The zero-order chi connectivity index (χ0) is 15.1. The molecule has 0 bridgehead atoms. The number of imide groups is 1. The van der Waals surface area contributed by atoms with E-state index < -0.39 is 11.8 Å². The molecule has 3 N–H and O–H groups in total. The summed E-state index contributed by atoms with van der Waals surface area (Å²) in [5, 5.41) is 2.88. The average molecular weight is 298 g/mol. The van der Waals surface area contributed by atoms with Gasteiger partial charge >= 0.3 is 11.8 Å². The summed E-state index contributed by atoms with van der Waals surface area (Å²) in [7, 11) is 0. The van der Waals surface area contributed by atoms with E-state index in [1.54, 1.807) is 19.1 Å². The molecule has 0 fully saturated rings. The van der Waals surface area contributed by atoms with Gasteiger partial charge < -0.3 is 11.1 Å². The Bertz CT molecular complexity index is 520. The van der Waals surface area contributed by atoms with Crippen molar-refractivity contribution in [1.82, 2.24) is 4.90 Å². The van der Waals surface area contributed by atoms with Crippen LogP contribution in [0.25, 0.3) is 0 Å². The minimum Gasteiger partial charge on any atom is -0.330 e. The summed E-state index contributed by atoms with van der Waals surface area (Å²) in [5.74, 6) is -1.81. The number of carbonyl (C=O) groups is 3. The second kappa shape index (κ2) is 7.62. The number of anilines is 1. The maximum atomic E-state index is 11.8. The van der Waals surface area contributed by atoms with Crippen molar-refractivity contribution in [3.63, 3.8) is 0 Å². The molecule has 0 aliphatic rings. The van der Waals surface area contributed by atoms with Gasteiger partial charge in [-0.15, -0.1) is 0 Å². The number of nitrogens with two attached hydrogens (primary N) is 1. The molecule has 7 heteroatoms. The number of benzene rings is 1. The molecule has 0 atom stereocenters. The number of amides is 3. The van der Waals surface area contributed by atoms with Crippen LogP contribution in [0.15, 0.2) is 18.2 Å². The van der Waals surface area contributed by atoms with Crippen molar-refractivity contribution in [1.29, 1.82) is 0 Å². The van der Waals surface area contributed by atoms with E-state index >= 15 is 0 Å². The Morgan fingerprint density at radius 3 is 2.75 bits per heavy atom. The van der Waals surface area contributed by atoms with Crippen LogP contribution in [-0.4, -0.2) is 36.2 Å². The highest BCUT2D eigenvalue weighted by Crippen LogP contribution is 2.20. The second-order valence-electron chi connectivity index (χ2n) is 4.16. The largest absolute Gasteiger partial charge is 0.330 e. The van der Waals surface area contributed by atoms with Crippen molar-refractivity contribution in [2.24, 2.45) is 5.73 Å². The zero-order valence-corrected chi connectivity index (χ0v) is 11.8. The molecule has 3 amide bonds. The highest BCUT2D eigenvalue weighted by atomic mass is 35.5. The first-order chi connectivity index (χ1) is 9.49. The van der Waals surface area contributed by atoms with E-state index in [0.29, 0.717) is 30.1 Å². The van der Waals surface area contributed by atoms with Crippen LogP contribution in [0.3, 0.4) is 0 Å². The van der Waals surface area contributed by atoms with Crippen molar-refractivity contribution >= 4 is 35.5 Å². The molecule has 20 heavy (non-hydrogen) atoms. The molecule has 0 radical (unpaired) electrons. The van der Waals surface area contributed by atoms with Crippen LogP contribution in [0.1, 0.15) is 12.0 Å². The van der Waals surface area contributed by atoms with Crippen LogP contribution in [0.5, 0.6) is 0 Å². The third-order valence-corrected chi connectivity index (χ3v) is 2.87. The SMILES string of the molecule is Cc1ccc(Cl)cc1NC(=O)C(=O)N(C=O)CCCN. The molecule has 1 aromatic carbocycles. The van der Waals surface area contributed by atoms with Gasteiger partial charge in [-0.3, -0.25) is 19.3 Å². The van der Waals surface area contributed by atoms with Gasteiger partial charge in [-0.2, -0.15) is 0 Å². The van der Waals surface area contributed by atoms with E-state index in [4.69, 9.17) is 17.3 Å². The monoisotopic (exact) mass is 297 g/mol. The Kier molecular flexibility index (Phi) is 6.14. The lowest BCUT2D eigenvalue weighted by molar-refractivity contribution is -0.146. The smallest absolute Gasteiger partial charge is 0.318 e. The van der Waals surface area contributed by atoms with Crippen LogP contribution in [0, 0.1) is 6.92 Å². The van der Waals surface area contributed by atoms with Gasteiger partial charge in [-0.05, 0) is 37.6 Å². The number of hydrogen-bond donors (Lipinski definition) is 2. The molecule has 108 valence electrons. The average Bonchev–Trinajstić information content (AvgIpc) is 2.43. The first kappa shape index (κ1) is 16.1. The van der Waals surface area contributed by atoms with Crippen molar-refractivity contribution in [2.45, 2.75) is 13.3 Å². The normalized spacial score (nSPS) is 9.95. The Balaban J connectivity index is 2.76. The molecule has 1 aromatic rings. The molecule has 0 heterocycles. The Morgan fingerprint density at radius 1 is 1.45 bits per heavy atom. The molecule has 0 aromatic heterocycles. The fourth-order valence-electron chi connectivity index (χ4n) is 1.50.